The van der Waals surface area contributed by atoms with Crippen molar-refractivity contribution in [2.75, 3.05) is 0 Å². The van der Waals surface area contributed by atoms with E-state index >= 15 is 0 Å². The maximum atomic E-state index is 5.74. The summed E-state index contributed by atoms with van der Waals surface area (Å²) in [4.78, 5) is 0. The van der Waals surface area contributed by atoms with Crippen LogP contribution < -0.4 is 0 Å². The van der Waals surface area contributed by atoms with Crippen molar-refractivity contribution in [1.29, 1.82) is 0 Å². The lowest BCUT2D eigenvalue weighted by Crippen LogP contribution is -1.62. The minimum Gasteiger partial charge on any atom is -0.150 e. The molecule has 0 bridgehead atoms. The van der Waals surface area contributed by atoms with Crippen molar-refractivity contribution in [3.05, 3.63) is 46.8 Å². The molecular weight excluding hydrogens is 216 g/mol. The fourth-order valence-electron chi connectivity index (χ4n) is 0.942. The van der Waals surface area contributed by atoms with Crippen LogP contribution in [0.5, 0.6) is 0 Å². The number of thiophene rings is 1. The highest BCUT2D eigenvalue weighted by molar-refractivity contribution is 7.13. The molecule has 0 aliphatic rings. The summed E-state index contributed by atoms with van der Waals surface area (Å²) in [5.74, 6) is 0. The number of hydrogen-bond donors (Lipinski definition) is 0. The minimum atomic E-state index is 0.708. The second-order valence-corrected chi connectivity index (χ2v) is 3.99. The van der Waals surface area contributed by atoms with Crippen molar-refractivity contribution in [2.24, 2.45) is 10.2 Å². The molecule has 14 heavy (non-hydrogen) atoms. The van der Waals surface area contributed by atoms with Crippen LogP contribution in [0.2, 0.25) is 5.02 Å². The Morgan fingerprint density at radius 3 is 2.43 bits per heavy atom. The highest BCUT2D eigenvalue weighted by Crippen LogP contribution is 2.23. The third kappa shape index (κ3) is 2.40. The number of halogens is 1. The molecule has 2 rings (SSSR count). The molecule has 0 radical (unpaired) electrons. The number of azo groups is 1. The number of rotatable bonds is 2. The molecule has 0 N–H and O–H groups in total. The van der Waals surface area contributed by atoms with Gasteiger partial charge in [0.15, 0.2) is 0 Å². The average Bonchev–Trinajstić information content (AvgIpc) is 2.70. The van der Waals surface area contributed by atoms with E-state index in [-0.39, 0.29) is 0 Å². The number of benzene rings is 1. The van der Waals surface area contributed by atoms with Gasteiger partial charge in [0.25, 0.3) is 0 Å². The summed E-state index contributed by atoms with van der Waals surface area (Å²) in [7, 11) is 0. The largest absolute Gasteiger partial charge is 0.150 e. The maximum Gasteiger partial charge on any atom is 0.138 e. The normalized spacial score (nSPS) is 10.9. The summed E-state index contributed by atoms with van der Waals surface area (Å²) in [6.45, 7) is 0. The van der Waals surface area contributed by atoms with Gasteiger partial charge in [0.05, 0.1) is 5.69 Å². The summed E-state index contributed by atoms with van der Waals surface area (Å²) in [5.41, 5.74) is 0.808. The molecule has 70 valence electrons. The average molecular weight is 223 g/mol. The first-order valence-corrected chi connectivity index (χ1v) is 5.31. The monoisotopic (exact) mass is 222 g/mol. The van der Waals surface area contributed by atoms with E-state index in [9.17, 15) is 0 Å². The van der Waals surface area contributed by atoms with Crippen molar-refractivity contribution < 1.29 is 0 Å². The highest BCUT2D eigenvalue weighted by Gasteiger charge is 1.91. The summed E-state index contributed by atoms with van der Waals surface area (Å²) in [6.07, 6.45) is 0. The molecular formula is C10H7ClN2S. The Morgan fingerprint density at radius 1 is 1.00 bits per heavy atom. The van der Waals surface area contributed by atoms with Crippen LogP contribution in [0.25, 0.3) is 0 Å². The molecule has 2 aromatic rings. The summed E-state index contributed by atoms with van der Waals surface area (Å²) >= 11 is 7.30. The van der Waals surface area contributed by atoms with Gasteiger partial charge in [-0.2, -0.15) is 0 Å². The van der Waals surface area contributed by atoms with Crippen LogP contribution in [0.4, 0.5) is 10.7 Å². The van der Waals surface area contributed by atoms with Crippen LogP contribution in [0.1, 0.15) is 0 Å². The van der Waals surface area contributed by atoms with E-state index < -0.39 is 0 Å². The fraction of sp³-hybridized carbons (Fsp3) is 0. The second kappa shape index (κ2) is 4.35. The summed E-state index contributed by atoms with van der Waals surface area (Å²) < 4.78 is 0. The first kappa shape index (κ1) is 9.37. The lowest BCUT2D eigenvalue weighted by molar-refractivity contribution is 1.25. The third-order valence-electron chi connectivity index (χ3n) is 1.60. The van der Waals surface area contributed by atoms with E-state index in [4.69, 9.17) is 11.6 Å². The van der Waals surface area contributed by atoms with Gasteiger partial charge in [-0.25, -0.2) is 0 Å². The van der Waals surface area contributed by atoms with E-state index in [1.807, 2.05) is 29.6 Å². The molecule has 0 fully saturated rings. The molecule has 0 aliphatic carbocycles. The van der Waals surface area contributed by atoms with E-state index in [1.165, 1.54) is 0 Å². The Hall–Kier alpha value is -1.19. The quantitative estimate of drug-likeness (QED) is 0.651. The Balaban J connectivity index is 2.15. The molecule has 0 spiro atoms. The first-order valence-electron chi connectivity index (χ1n) is 4.05. The molecule has 0 saturated heterocycles. The van der Waals surface area contributed by atoms with E-state index in [1.54, 1.807) is 23.5 Å². The van der Waals surface area contributed by atoms with Crippen LogP contribution >= 0.6 is 22.9 Å². The van der Waals surface area contributed by atoms with Gasteiger partial charge in [0.2, 0.25) is 0 Å². The predicted molar refractivity (Wildman–Crippen MR) is 59.9 cm³/mol. The van der Waals surface area contributed by atoms with Crippen LogP contribution in [0.15, 0.2) is 52.0 Å². The van der Waals surface area contributed by atoms with E-state index in [0.717, 1.165) is 10.7 Å². The van der Waals surface area contributed by atoms with Crippen molar-refractivity contribution >= 4 is 33.6 Å². The zero-order valence-electron chi connectivity index (χ0n) is 7.22. The van der Waals surface area contributed by atoms with Gasteiger partial charge in [0, 0.05) is 5.02 Å². The Morgan fingerprint density at radius 2 is 1.79 bits per heavy atom. The smallest absolute Gasteiger partial charge is 0.138 e. The minimum absolute atomic E-state index is 0.708. The molecule has 1 aromatic heterocycles. The zero-order chi connectivity index (χ0) is 9.80. The zero-order valence-corrected chi connectivity index (χ0v) is 8.79. The first-order chi connectivity index (χ1) is 6.84. The van der Waals surface area contributed by atoms with Gasteiger partial charge in [-0.05, 0) is 41.8 Å². The van der Waals surface area contributed by atoms with Gasteiger partial charge in [-0.1, -0.05) is 11.6 Å². The Bertz CT molecular complexity index is 420. The number of hydrogen-bond acceptors (Lipinski definition) is 3. The standard InChI is InChI=1S/C10H7ClN2S/c11-8-3-5-9(6-4-8)12-13-10-2-1-7-14-10/h1-7H. The van der Waals surface area contributed by atoms with Crippen LogP contribution in [-0.2, 0) is 0 Å². The Kier molecular flexibility index (Phi) is 2.91. The maximum absolute atomic E-state index is 5.74. The van der Waals surface area contributed by atoms with Gasteiger partial charge >= 0.3 is 0 Å². The SMILES string of the molecule is Clc1ccc(N=Nc2cccs2)cc1. The molecule has 0 unspecified atom stereocenters. The van der Waals surface area contributed by atoms with Crippen LogP contribution in [0.3, 0.4) is 0 Å². The molecule has 1 aromatic carbocycles. The molecule has 0 atom stereocenters. The van der Waals surface area contributed by atoms with Crippen molar-refractivity contribution in [1.82, 2.24) is 0 Å². The van der Waals surface area contributed by atoms with Crippen LogP contribution in [-0.4, -0.2) is 0 Å². The molecule has 0 saturated carbocycles. The predicted octanol–water partition coefficient (Wildman–Crippen LogP) is 4.82. The van der Waals surface area contributed by atoms with Crippen molar-refractivity contribution in [3.8, 4) is 0 Å². The molecule has 0 amide bonds. The van der Waals surface area contributed by atoms with E-state index in [2.05, 4.69) is 10.2 Å². The fourth-order valence-corrected chi connectivity index (χ4v) is 1.61. The van der Waals surface area contributed by atoms with Gasteiger partial charge in [-0.3, -0.25) is 0 Å². The van der Waals surface area contributed by atoms with Crippen LogP contribution in [0, 0.1) is 0 Å². The van der Waals surface area contributed by atoms with Crippen molar-refractivity contribution in [2.45, 2.75) is 0 Å². The van der Waals surface area contributed by atoms with Gasteiger partial charge in [0.1, 0.15) is 5.00 Å². The molecule has 2 nitrogen and oxygen atoms in total. The topological polar surface area (TPSA) is 24.7 Å². The molecule has 0 aliphatic heterocycles. The summed E-state index contributed by atoms with van der Waals surface area (Å²) in [5, 5.41) is 11.7. The van der Waals surface area contributed by atoms with Gasteiger partial charge in [-0.15, -0.1) is 21.6 Å². The lowest BCUT2D eigenvalue weighted by atomic mass is 10.3. The summed E-state index contributed by atoms with van der Waals surface area (Å²) in [6, 6.07) is 11.1. The van der Waals surface area contributed by atoms with Gasteiger partial charge < -0.3 is 0 Å². The molecule has 4 heteroatoms. The lowest BCUT2D eigenvalue weighted by Gasteiger charge is -1.90. The van der Waals surface area contributed by atoms with Crippen molar-refractivity contribution in [3.63, 3.8) is 0 Å². The van der Waals surface area contributed by atoms with E-state index in [0.29, 0.717) is 5.02 Å². The molecule has 1 heterocycles. The number of nitrogens with zero attached hydrogens (tertiary/aromatic N) is 2. The highest BCUT2D eigenvalue weighted by atomic mass is 35.5. The Labute approximate surface area is 90.9 Å². The third-order valence-corrected chi connectivity index (χ3v) is 2.60. The second-order valence-electron chi connectivity index (χ2n) is 2.63.